The number of carbonyl (C=O) groups is 1. The van der Waals surface area contributed by atoms with Gasteiger partial charge >= 0.3 is 5.97 Å². The summed E-state index contributed by atoms with van der Waals surface area (Å²) < 4.78 is 11.9. The SMILES string of the molecule is CC(Cc1ccc(O[Si](C)(C)C)cc1)(N[Si](C)(C)C)C(=O)O[Si](C)(C)C. The van der Waals surface area contributed by atoms with Crippen molar-refractivity contribution in [1.29, 1.82) is 0 Å². The first-order valence-corrected chi connectivity index (χ1v) is 19.6. The van der Waals surface area contributed by atoms with Crippen molar-refractivity contribution in [3.8, 4) is 5.75 Å². The van der Waals surface area contributed by atoms with Crippen LogP contribution in [-0.2, 0) is 15.6 Å². The molecule has 0 aliphatic carbocycles. The molecule has 0 aromatic heterocycles. The molecule has 0 radical (unpaired) electrons. The number of carbonyl (C=O) groups excluding carboxylic acids is 1. The van der Waals surface area contributed by atoms with Crippen LogP contribution < -0.4 is 9.41 Å². The largest absolute Gasteiger partial charge is 0.544 e. The van der Waals surface area contributed by atoms with Gasteiger partial charge in [0.1, 0.15) is 19.5 Å². The van der Waals surface area contributed by atoms with E-state index < -0.39 is 30.4 Å². The molecular formula is C19H37NO3Si3. The van der Waals surface area contributed by atoms with Gasteiger partial charge in [-0.05, 0) is 63.9 Å². The zero-order valence-electron chi connectivity index (χ0n) is 18.2. The molecular weight excluding hydrogens is 374 g/mol. The molecule has 0 heterocycles. The van der Waals surface area contributed by atoms with E-state index in [0.717, 1.165) is 11.3 Å². The molecule has 1 unspecified atom stereocenters. The van der Waals surface area contributed by atoms with Gasteiger partial charge in [-0.2, -0.15) is 0 Å². The second-order valence-electron chi connectivity index (χ2n) is 10.2. The maximum Gasteiger partial charge on any atom is 0.312 e. The highest BCUT2D eigenvalue weighted by molar-refractivity contribution is 6.74. The molecule has 7 heteroatoms. The number of hydrogen-bond acceptors (Lipinski definition) is 4. The fourth-order valence-corrected chi connectivity index (χ4v) is 6.29. The fourth-order valence-electron chi connectivity index (χ4n) is 2.82. The van der Waals surface area contributed by atoms with Gasteiger partial charge in [-0.15, -0.1) is 0 Å². The van der Waals surface area contributed by atoms with Crippen LogP contribution in [0.4, 0.5) is 0 Å². The average molecular weight is 412 g/mol. The number of nitrogens with one attached hydrogen (secondary N) is 1. The van der Waals surface area contributed by atoms with Gasteiger partial charge in [0, 0.05) is 6.42 Å². The first kappa shape index (κ1) is 23.1. The molecule has 148 valence electrons. The van der Waals surface area contributed by atoms with Crippen molar-refractivity contribution in [2.75, 3.05) is 0 Å². The van der Waals surface area contributed by atoms with Gasteiger partial charge in [-0.1, -0.05) is 31.8 Å². The summed E-state index contributed by atoms with van der Waals surface area (Å²) in [5.41, 5.74) is 0.389. The molecule has 0 fully saturated rings. The second-order valence-corrected chi connectivity index (χ2v) is 23.9. The van der Waals surface area contributed by atoms with Crippen LogP contribution in [0.15, 0.2) is 24.3 Å². The number of rotatable bonds is 8. The van der Waals surface area contributed by atoms with Gasteiger partial charge in [0.25, 0.3) is 0 Å². The minimum absolute atomic E-state index is 0.137. The smallest absolute Gasteiger partial charge is 0.312 e. The Morgan fingerprint density at radius 2 is 1.42 bits per heavy atom. The molecule has 0 saturated heterocycles. The maximum atomic E-state index is 13.0. The van der Waals surface area contributed by atoms with Crippen molar-refractivity contribution < 1.29 is 13.6 Å². The van der Waals surface area contributed by atoms with E-state index in [9.17, 15) is 4.79 Å². The molecule has 0 saturated carbocycles. The summed E-state index contributed by atoms with van der Waals surface area (Å²) in [5.74, 6) is 0.763. The van der Waals surface area contributed by atoms with Crippen LogP contribution in [0.25, 0.3) is 0 Å². The third-order valence-corrected chi connectivity index (χ3v) is 6.35. The Hall–Kier alpha value is -0.899. The molecule has 1 atom stereocenters. The van der Waals surface area contributed by atoms with E-state index in [0.29, 0.717) is 6.42 Å². The first-order chi connectivity index (χ1) is 11.5. The van der Waals surface area contributed by atoms with E-state index in [-0.39, 0.29) is 5.97 Å². The van der Waals surface area contributed by atoms with Crippen LogP contribution in [0.5, 0.6) is 5.75 Å². The molecule has 0 amide bonds. The summed E-state index contributed by atoms with van der Waals surface area (Å²) in [6, 6.07) is 8.13. The first-order valence-electron chi connectivity index (χ1n) is 9.30. The zero-order chi connectivity index (χ0) is 20.4. The Balaban J connectivity index is 3.04. The normalized spacial score (nSPS) is 15.3. The minimum atomic E-state index is -1.95. The predicted octanol–water partition coefficient (Wildman–Crippen LogP) is 5.00. The molecule has 0 spiro atoms. The van der Waals surface area contributed by atoms with Gasteiger partial charge in [0.2, 0.25) is 16.6 Å². The summed E-state index contributed by atoms with van der Waals surface area (Å²) in [7, 11) is -5.24. The number of hydrogen-bond donors (Lipinski definition) is 1. The van der Waals surface area contributed by atoms with E-state index in [1.807, 2.05) is 38.7 Å². The molecule has 0 aliphatic rings. The Labute approximate surface area is 163 Å². The molecule has 1 aromatic carbocycles. The third-order valence-electron chi connectivity index (χ3n) is 3.41. The van der Waals surface area contributed by atoms with Crippen molar-refractivity contribution in [2.24, 2.45) is 0 Å². The molecule has 0 bridgehead atoms. The summed E-state index contributed by atoms with van der Waals surface area (Å²) in [5, 5.41) is 0. The van der Waals surface area contributed by atoms with Gasteiger partial charge < -0.3 is 13.8 Å². The third kappa shape index (κ3) is 8.66. The minimum Gasteiger partial charge on any atom is -0.544 e. The Bertz CT molecular complexity index is 613. The van der Waals surface area contributed by atoms with Crippen LogP contribution in [0.1, 0.15) is 12.5 Å². The molecule has 1 N–H and O–H groups in total. The van der Waals surface area contributed by atoms with Gasteiger partial charge in [-0.25, -0.2) is 0 Å². The lowest BCUT2D eigenvalue weighted by molar-refractivity contribution is -0.141. The Morgan fingerprint density at radius 3 is 1.81 bits per heavy atom. The van der Waals surface area contributed by atoms with Crippen molar-refractivity contribution in [3.05, 3.63) is 29.8 Å². The van der Waals surface area contributed by atoms with E-state index >= 15 is 0 Å². The van der Waals surface area contributed by atoms with Gasteiger partial charge in [0.15, 0.2) is 0 Å². The molecule has 26 heavy (non-hydrogen) atoms. The lowest BCUT2D eigenvalue weighted by Gasteiger charge is -2.37. The van der Waals surface area contributed by atoms with E-state index in [4.69, 9.17) is 8.85 Å². The van der Waals surface area contributed by atoms with Crippen molar-refractivity contribution in [3.63, 3.8) is 0 Å². The summed E-state index contributed by atoms with van der Waals surface area (Å²) >= 11 is 0. The van der Waals surface area contributed by atoms with Crippen molar-refractivity contribution in [2.45, 2.75) is 77.8 Å². The Morgan fingerprint density at radius 1 is 0.923 bits per heavy atom. The summed E-state index contributed by atoms with van der Waals surface area (Å²) in [6.07, 6.45) is 0.605. The van der Waals surface area contributed by atoms with Crippen LogP contribution in [0.3, 0.4) is 0 Å². The van der Waals surface area contributed by atoms with E-state index in [2.05, 4.69) is 56.4 Å². The van der Waals surface area contributed by atoms with Crippen molar-refractivity contribution in [1.82, 2.24) is 4.98 Å². The van der Waals surface area contributed by atoms with E-state index in [1.54, 1.807) is 0 Å². The van der Waals surface area contributed by atoms with Crippen LogP contribution in [-0.4, -0.2) is 36.4 Å². The summed E-state index contributed by atoms with van der Waals surface area (Å²) in [6.45, 7) is 21.2. The molecule has 1 aromatic rings. The quantitative estimate of drug-likeness (QED) is 0.611. The summed E-state index contributed by atoms with van der Waals surface area (Å²) in [4.78, 5) is 16.6. The molecule has 4 nitrogen and oxygen atoms in total. The van der Waals surface area contributed by atoms with Crippen molar-refractivity contribution >= 4 is 30.8 Å². The Kier molecular flexibility index (Phi) is 7.12. The van der Waals surface area contributed by atoms with Gasteiger partial charge in [-0.3, -0.25) is 4.79 Å². The van der Waals surface area contributed by atoms with Crippen LogP contribution in [0.2, 0.25) is 58.9 Å². The van der Waals surface area contributed by atoms with Crippen LogP contribution in [0, 0.1) is 0 Å². The van der Waals surface area contributed by atoms with E-state index in [1.165, 1.54) is 0 Å². The molecule has 0 aliphatic heterocycles. The highest BCUT2D eigenvalue weighted by atomic mass is 28.4. The zero-order valence-corrected chi connectivity index (χ0v) is 21.2. The second kappa shape index (κ2) is 8.00. The monoisotopic (exact) mass is 411 g/mol. The topological polar surface area (TPSA) is 47.6 Å². The lowest BCUT2D eigenvalue weighted by Crippen LogP contribution is -2.62. The maximum absolute atomic E-state index is 13.0. The molecule has 1 rings (SSSR count). The number of benzene rings is 1. The highest BCUT2D eigenvalue weighted by Gasteiger charge is 2.40. The van der Waals surface area contributed by atoms with Crippen LogP contribution >= 0.6 is 0 Å². The highest BCUT2D eigenvalue weighted by Crippen LogP contribution is 2.23. The fraction of sp³-hybridized carbons (Fsp3) is 0.632. The average Bonchev–Trinajstić information content (AvgIpc) is 2.35. The standard InChI is InChI=1S/C19H37NO3Si3/c1-19(20-24(2,3)4,18(21)23-26(8,9)10)15-16-11-13-17(14-12-16)22-25(5,6)7/h11-14,20H,15H2,1-10H3. The lowest BCUT2D eigenvalue weighted by atomic mass is 9.94. The predicted molar refractivity (Wildman–Crippen MR) is 118 cm³/mol. The van der Waals surface area contributed by atoms with Gasteiger partial charge in [0.05, 0.1) is 0 Å².